The van der Waals surface area contributed by atoms with E-state index in [-0.39, 0.29) is 5.69 Å². The van der Waals surface area contributed by atoms with Crippen LogP contribution in [0.4, 0.5) is 11.4 Å². The highest BCUT2D eigenvalue weighted by molar-refractivity contribution is 7.99. The highest BCUT2D eigenvalue weighted by Gasteiger charge is 2.08. The number of non-ortho nitro benzene ring substituents is 1. The third-order valence-electron chi connectivity index (χ3n) is 2.85. The molecule has 2 rings (SSSR count). The molecule has 0 heterocycles. The minimum Gasteiger partial charge on any atom is -0.398 e. The molecule has 0 fully saturated rings. The minimum absolute atomic E-state index is 0.0514. The number of nitrogens with zero attached hydrogens (tertiary/aromatic N) is 1. The third kappa shape index (κ3) is 4.28. The second-order valence-electron chi connectivity index (χ2n) is 4.45. The van der Waals surface area contributed by atoms with Gasteiger partial charge in [0.1, 0.15) is 0 Å². The molecule has 0 atom stereocenters. The highest BCUT2D eigenvalue weighted by Crippen LogP contribution is 2.27. The van der Waals surface area contributed by atoms with Crippen molar-refractivity contribution in [3.63, 3.8) is 0 Å². The molecule has 0 aliphatic heterocycles. The van der Waals surface area contributed by atoms with Gasteiger partial charge in [-0.2, -0.15) is 0 Å². The number of hydrogen-bond acceptors (Lipinski definition) is 4. The summed E-state index contributed by atoms with van der Waals surface area (Å²) in [5.41, 5.74) is 7.47. The lowest BCUT2D eigenvalue weighted by atomic mass is 10.1. The zero-order valence-corrected chi connectivity index (χ0v) is 11.8. The van der Waals surface area contributed by atoms with E-state index in [1.165, 1.54) is 11.6 Å². The maximum atomic E-state index is 10.8. The Morgan fingerprint density at radius 2 is 1.90 bits per heavy atom. The molecule has 2 N–H and O–H groups in total. The molecular formula is C15H16N2O2S. The first-order valence-electron chi connectivity index (χ1n) is 6.37. The van der Waals surface area contributed by atoms with Crippen molar-refractivity contribution >= 4 is 23.1 Å². The molecule has 0 aliphatic rings. The molecule has 0 spiro atoms. The molecule has 0 radical (unpaired) electrons. The van der Waals surface area contributed by atoms with Crippen molar-refractivity contribution in [2.24, 2.45) is 0 Å². The second kappa shape index (κ2) is 6.96. The minimum atomic E-state index is -0.412. The molecule has 104 valence electrons. The zero-order valence-electron chi connectivity index (χ0n) is 11.0. The summed E-state index contributed by atoms with van der Waals surface area (Å²) in [7, 11) is 0. The summed E-state index contributed by atoms with van der Waals surface area (Å²) in [5.74, 6) is 0.912. The normalized spacial score (nSPS) is 10.4. The number of rotatable bonds is 6. The van der Waals surface area contributed by atoms with Crippen LogP contribution in [0.1, 0.15) is 12.0 Å². The fourth-order valence-electron chi connectivity index (χ4n) is 1.91. The topological polar surface area (TPSA) is 69.2 Å². The van der Waals surface area contributed by atoms with Crippen molar-refractivity contribution in [1.82, 2.24) is 0 Å². The molecule has 4 nitrogen and oxygen atoms in total. The van der Waals surface area contributed by atoms with Gasteiger partial charge in [-0.1, -0.05) is 30.3 Å². The van der Waals surface area contributed by atoms with E-state index in [9.17, 15) is 10.1 Å². The molecule has 0 saturated carbocycles. The van der Waals surface area contributed by atoms with Crippen LogP contribution in [0.25, 0.3) is 0 Å². The Balaban J connectivity index is 1.86. The van der Waals surface area contributed by atoms with Crippen LogP contribution in [-0.4, -0.2) is 10.7 Å². The fraction of sp³-hybridized carbons (Fsp3) is 0.200. The summed E-state index contributed by atoms with van der Waals surface area (Å²) in [5, 5.41) is 10.8. The Hall–Kier alpha value is -2.01. The number of hydrogen-bond donors (Lipinski definition) is 1. The highest BCUT2D eigenvalue weighted by atomic mass is 32.2. The fourth-order valence-corrected chi connectivity index (χ4v) is 2.85. The Morgan fingerprint density at radius 3 is 2.60 bits per heavy atom. The van der Waals surface area contributed by atoms with Gasteiger partial charge in [0.25, 0.3) is 5.69 Å². The number of benzene rings is 2. The van der Waals surface area contributed by atoms with E-state index in [1.54, 1.807) is 23.9 Å². The average molecular weight is 288 g/mol. The lowest BCUT2D eigenvalue weighted by Crippen LogP contribution is -1.93. The summed E-state index contributed by atoms with van der Waals surface area (Å²) in [4.78, 5) is 11.2. The molecule has 0 amide bonds. The van der Waals surface area contributed by atoms with Gasteiger partial charge in [0.05, 0.1) is 4.92 Å². The number of thioether (sulfide) groups is 1. The van der Waals surface area contributed by atoms with E-state index in [4.69, 9.17) is 5.73 Å². The molecule has 5 heteroatoms. The number of aryl methyl sites for hydroxylation is 1. The summed E-state index contributed by atoms with van der Waals surface area (Å²) in [6, 6.07) is 15.0. The predicted molar refractivity (Wildman–Crippen MR) is 83.0 cm³/mol. The molecule has 0 saturated heterocycles. The van der Waals surface area contributed by atoms with Gasteiger partial charge in [0.2, 0.25) is 0 Å². The van der Waals surface area contributed by atoms with Crippen molar-refractivity contribution in [2.75, 3.05) is 11.5 Å². The van der Waals surface area contributed by atoms with Crippen LogP contribution in [0.3, 0.4) is 0 Å². The lowest BCUT2D eigenvalue weighted by molar-refractivity contribution is -0.385. The maximum Gasteiger partial charge on any atom is 0.272 e. The van der Waals surface area contributed by atoms with Crippen molar-refractivity contribution < 1.29 is 4.92 Å². The Bertz CT molecular complexity index is 588. The lowest BCUT2D eigenvalue weighted by Gasteiger charge is -2.04. The molecule has 0 aliphatic carbocycles. The second-order valence-corrected chi connectivity index (χ2v) is 5.62. The molecule has 20 heavy (non-hydrogen) atoms. The van der Waals surface area contributed by atoms with Gasteiger partial charge >= 0.3 is 0 Å². The van der Waals surface area contributed by atoms with E-state index >= 15 is 0 Å². The molecule has 0 aromatic heterocycles. The predicted octanol–water partition coefficient (Wildman–Crippen LogP) is 3.90. The van der Waals surface area contributed by atoms with Gasteiger partial charge in [0.15, 0.2) is 0 Å². The van der Waals surface area contributed by atoms with Gasteiger partial charge in [-0.25, -0.2) is 0 Å². The first kappa shape index (κ1) is 14.4. The van der Waals surface area contributed by atoms with Crippen LogP contribution in [0.2, 0.25) is 0 Å². The monoisotopic (exact) mass is 288 g/mol. The number of nitrogen functional groups attached to an aromatic ring is 1. The molecule has 0 bridgehead atoms. The standard InChI is InChI=1S/C15H16N2O2S/c16-13-9-14(17(18)19)11-15(10-13)20-8-4-7-12-5-2-1-3-6-12/h1-3,5-6,9-11H,4,7-8,16H2. The number of nitrogens with two attached hydrogens (primary N) is 1. The first-order chi connectivity index (χ1) is 9.65. The van der Waals surface area contributed by atoms with E-state index in [2.05, 4.69) is 12.1 Å². The van der Waals surface area contributed by atoms with E-state index in [0.29, 0.717) is 5.69 Å². The Morgan fingerprint density at radius 1 is 1.15 bits per heavy atom. The van der Waals surface area contributed by atoms with Crippen LogP contribution >= 0.6 is 11.8 Å². The van der Waals surface area contributed by atoms with Crippen LogP contribution in [0, 0.1) is 10.1 Å². The smallest absolute Gasteiger partial charge is 0.272 e. The molecule has 2 aromatic rings. The number of nitro groups is 1. The number of nitro benzene ring substituents is 1. The molecular weight excluding hydrogens is 272 g/mol. The van der Waals surface area contributed by atoms with Crippen LogP contribution in [0.5, 0.6) is 0 Å². The van der Waals surface area contributed by atoms with Crippen molar-refractivity contribution in [1.29, 1.82) is 0 Å². The van der Waals surface area contributed by atoms with Gasteiger partial charge < -0.3 is 5.73 Å². The summed E-state index contributed by atoms with van der Waals surface area (Å²) in [6.07, 6.45) is 2.04. The largest absolute Gasteiger partial charge is 0.398 e. The molecule has 2 aromatic carbocycles. The Labute approximate surface area is 122 Å². The van der Waals surface area contributed by atoms with Crippen molar-refractivity contribution in [2.45, 2.75) is 17.7 Å². The van der Waals surface area contributed by atoms with Crippen LogP contribution in [-0.2, 0) is 6.42 Å². The van der Waals surface area contributed by atoms with Crippen molar-refractivity contribution in [3.8, 4) is 0 Å². The maximum absolute atomic E-state index is 10.8. The van der Waals surface area contributed by atoms with Crippen LogP contribution in [0.15, 0.2) is 53.4 Å². The summed E-state index contributed by atoms with van der Waals surface area (Å²) < 4.78 is 0. The first-order valence-corrected chi connectivity index (χ1v) is 7.35. The number of anilines is 1. The molecule has 0 unspecified atom stereocenters. The average Bonchev–Trinajstić information content (AvgIpc) is 2.44. The third-order valence-corrected chi connectivity index (χ3v) is 3.91. The van der Waals surface area contributed by atoms with E-state index in [1.807, 2.05) is 18.2 Å². The van der Waals surface area contributed by atoms with Gasteiger partial charge in [-0.05, 0) is 30.2 Å². The van der Waals surface area contributed by atoms with Crippen LogP contribution < -0.4 is 5.73 Å². The quantitative estimate of drug-likeness (QED) is 0.288. The van der Waals surface area contributed by atoms with Gasteiger partial charge in [-0.15, -0.1) is 11.8 Å². The Kier molecular flexibility index (Phi) is 5.01. The SMILES string of the molecule is Nc1cc(SCCCc2ccccc2)cc([N+](=O)[O-])c1. The van der Waals surface area contributed by atoms with E-state index in [0.717, 1.165) is 23.5 Å². The van der Waals surface area contributed by atoms with Gasteiger partial charge in [0, 0.05) is 22.7 Å². The summed E-state index contributed by atoms with van der Waals surface area (Å²) >= 11 is 1.60. The van der Waals surface area contributed by atoms with E-state index < -0.39 is 4.92 Å². The van der Waals surface area contributed by atoms with Crippen molar-refractivity contribution in [3.05, 3.63) is 64.2 Å². The zero-order chi connectivity index (χ0) is 14.4. The van der Waals surface area contributed by atoms with Gasteiger partial charge in [-0.3, -0.25) is 10.1 Å². The summed E-state index contributed by atoms with van der Waals surface area (Å²) in [6.45, 7) is 0.